The second-order valence-electron chi connectivity index (χ2n) is 7.61. The summed E-state index contributed by atoms with van der Waals surface area (Å²) in [5.41, 5.74) is 3.13. The van der Waals surface area contributed by atoms with Crippen molar-refractivity contribution in [3.8, 4) is 17.1 Å². The maximum Gasteiger partial charge on any atom is 0.322 e. The van der Waals surface area contributed by atoms with Crippen LogP contribution in [-0.2, 0) is 6.54 Å². The van der Waals surface area contributed by atoms with E-state index in [1.165, 1.54) is 0 Å². The van der Waals surface area contributed by atoms with E-state index in [0.29, 0.717) is 28.9 Å². The number of nitrogens with one attached hydrogen (secondary N) is 1. The number of carbonyl (C=O) groups is 1. The van der Waals surface area contributed by atoms with E-state index in [1.54, 1.807) is 24.3 Å². The highest BCUT2D eigenvalue weighted by Crippen LogP contribution is 2.38. The maximum atomic E-state index is 13.0. The van der Waals surface area contributed by atoms with Crippen LogP contribution < -0.4 is 10.1 Å². The predicted octanol–water partition coefficient (Wildman–Crippen LogP) is 5.04. The number of carbonyl (C=O) groups excluding carboxylic acids is 1. The number of aromatic nitrogens is 2. The lowest BCUT2D eigenvalue weighted by Gasteiger charge is -2.34. The molecule has 0 bridgehead atoms. The van der Waals surface area contributed by atoms with Crippen LogP contribution in [0.25, 0.3) is 17.0 Å². The molecule has 0 saturated carbocycles. The van der Waals surface area contributed by atoms with Crippen molar-refractivity contribution in [1.29, 1.82) is 0 Å². The number of rotatable bonds is 6. The Morgan fingerprint density at radius 2 is 1.94 bits per heavy atom. The van der Waals surface area contributed by atoms with Gasteiger partial charge in [-0.25, -0.2) is 4.79 Å². The Morgan fingerprint density at radius 1 is 1.09 bits per heavy atom. The van der Waals surface area contributed by atoms with Crippen molar-refractivity contribution in [3.05, 3.63) is 95.9 Å². The van der Waals surface area contributed by atoms with E-state index in [9.17, 15) is 4.79 Å². The molecule has 33 heavy (non-hydrogen) atoms. The number of allylic oxidation sites excluding steroid dienone is 1. The zero-order valence-electron chi connectivity index (χ0n) is 18.2. The van der Waals surface area contributed by atoms with Crippen LogP contribution in [0.15, 0.2) is 87.6 Å². The highest BCUT2D eigenvalue weighted by Gasteiger charge is 2.36. The Balaban J connectivity index is 1.59. The Bertz CT molecular complexity index is 1290. The number of urea groups is 1. The monoisotopic (exact) mass is 442 g/mol. The number of furan rings is 1. The lowest BCUT2D eigenvalue weighted by Crippen LogP contribution is -2.45. The first-order valence-electron chi connectivity index (χ1n) is 10.5. The van der Waals surface area contributed by atoms with Crippen LogP contribution in [0.3, 0.4) is 0 Å². The Morgan fingerprint density at radius 3 is 2.70 bits per heavy atom. The molecule has 4 aromatic rings. The molecule has 0 aliphatic carbocycles. The van der Waals surface area contributed by atoms with Crippen LogP contribution in [0.4, 0.5) is 4.79 Å². The van der Waals surface area contributed by atoms with Gasteiger partial charge in [0.2, 0.25) is 5.82 Å². The minimum atomic E-state index is -0.440. The summed E-state index contributed by atoms with van der Waals surface area (Å²) in [7, 11) is 1.61. The van der Waals surface area contributed by atoms with Gasteiger partial charge in [0.05, 0.1) is 31.5 Å². The predicted molar refractivity (Wildman–Crippen MR) is 121 cm³/mol. The van der Waals surface area contributed by atoms with E-state index in [-0.39, 0.29) is 12.6 Å². The van der Waals surface area contributed by atoms with E-state index in [1.807, 2.05) is 67.6 Å². The molecule has 2 aromatic carbocycles. The number of hydrogen-bond acceptors (Lipinski definition) is 6. The smallest absolute Gasteiger partial charge is 0.322 e. The molecule has 2 amide bonds. The van der Waals surface area contributed by atoms with Gasteiger partial charge in [0.15, 0.2) is 0 Å². The zero-order chi connectivity index (χ0) is 22.8. The molecule has 0 spiro atoms. The summed E-state index contributed by atoms with van der Waals surface area (Å²) in [4.78, 5) is 19.3. The van der Waals surface area contributed by atoms with Crippen LogP contribution in [0.5, 0.6) is 5.75 Å². The lowest BCUT2D eigenvalue weighted by molar-refractivity contribution is 0.199. The first-order valence-corrected chi connectivity index (χ1v) is 10.5. The van der Waals surface area contributed by atoms with Crippen molar-refractivity contribution < 1.29 is 18.5 Å². The van der Waals surface area contributed by atoms with E-state index in [0.717, 1.165) is 16.7 Å². The Kier molecular flexibility index (Phi) is 5.40. The van der Waals surface area contributed by atoms with Crippen molar-refractivity contribution in [2.24, 2.45) is 0 Å². The van der Waals surface area contributed by atoms with Gasteiger partial charge in [-0.15, -0.1) is 0 Å². The Labute approximate surface area is 190 Å². The van der Waals surface area contributed by atoms with Crippen LogP contribution in [-0.4, -0.2) is 28.2 Å². The molecule has 0 radical (unpaired) electrons. The molecular weight excluding hydrogens is 420 g/mol. The van der Waals surface area contributed by atoms with E-state index in [2.05, 4.69) is 15.5 Å². The van der Waals surface area contributed by atoms with Gasteiger partial charge < -0.3 is 19.0 Å². The molecule has 5 rings (SSSR count). The number of benzene rings is 2. The third-order valence-electron chi connectivity index (χ3n) is 5.61. The van der Waals surface area contributed by atoms with Crippen LogP contribution >= 0.6 is 0 Å². The molecule has 8 nitrogen and oxygen atoms in total. The molecule has 0 fully saturated rings. The van der Waals surface area contributed by atoms with Gasteiger partial charge in [-0.3, -0.25) is 4.90 Å². The summed E-state index contributed by atoms with van der Waals surface area (Å²) < 4.78 is 16.5. The summed E-state index contributed by atoms with van der Waals surface area (Å²) in [6.45, 7) is 2.16. The van der Waals surface area contributed by atoms with Crippen molar-refractivity contribution in [1.82, 2.24) is 20.4 Å². The third-order valence-corrected chi connectivity index (χ3v) is 5.61. The number of methoxy groups -OCH3 is 1. The molecule has 8 heteroatoms. The first kappa shape index (κ1) is 20.6. The average Bonchev–Trinajstić information content (AvgIpc) is 3.54. The molecule has 1 aliphatic heterocycles. The summed E-state index contributed by atoms with van der Waals surface area (Å²) in [5.74, 6) is 2.14. The number of nitrogens with zero attached hydrogens (tertiary/aromatic N) is 3. The van der Waals surface area contributed by atoms with Gasteiger partial charge in [0.25, 0.3) is 5.89 Å². The number of amides is 2. The van der Waals surface area contributed by atoms with Gasteiger partial charge in [0.1, 0.15) is 11.5 Å². The second kappa shape index (κ2) is 8.66. The molecule has 1 aliphatic rings. The third kappa shape index (κ3) is 3.98. The van der Waals surface area contributed by atoms with Gasteiger partial charge in [-0.2, -0.15) is 4.98 Å². The summed E-state index contributed by atoms with van der Waals surface area (Å²) in [5, 5.41) is 7.27. The van der Waals surface area contributed by atoms with Crippen LogP contribution in [0, 0.1) is 0 Å². The number of ether oxygens (including phenoxy) is 1. The van der Waals surface area contributed by atoms with Crippen LogP contribution in [0.1, 0.15) is 30.2 Å². The van der Waals surface area contributed by atoms with Crippen molar-refractivity contribution >= 4 is 11.6 Å². The molecule has 2 aromatic heterocycles. The molecular formula is C25H22N4O4. The fourth-order valence-electron chi connectivity index (χ4n) is 3.91. The normalized spacial score (nSPS) is 16.1. The SMILES string of the molecule is COc1cccc(-c2noc(C3=C(C)N(Cc4ccco4)C(=O)NC3c3ccccc3)n2)c1. The quantitative estimate of drug-likeness (QED) is 0.450. The van der Waals surface area contributed by atoms with Gasteiger partial charge in [-0.1, -0.05) is 47.6 Å². The minimum Gasteiger partial charge on any atom is -0.497 e. The number of hydrogen-bond donors (Lipinski definition) is 1. The maximum absolute atomic E-state index is 13.0. The highest BCUT2D eigenvalue weighted by molar-refractivity contribution is 5.86. The standard InChI is InChI=1S/C25H22N4O4/c1-16-21(24-27-23(28-33-24)18-10-6-11-19(14-18)31-2)22(17-8-4-3-5-9-17)26-25(30)29(16)15-20-12-7-13-32-20/h3-14,22H,15H2,1-2H3,(H,26,30). The second-order valence-corrected chi connectivity index (χ2v) is 7.61. The van der Waals surface area contributed by atoms with E-state index in [4.69, 9.17) is 13.7 Å². The first-order chi connectivity index (χ1) is 16.1. The van der Waals surface area contributed by atoms with Crippen molar-refractivity contribution in [2.45, 2.75) is 19.5 Å². The lowest BCUT2D eigenvalue weighted by atomic mass is 9.94. The average molecular weight is 442 g/mol. The summed E-state index contributed by atoms with van der Waals surface area (Å²) in [6.07, 6.45) is 1.59. The highest BCUT2D eigenvalue weighted by atomic mass is 16.5. The minimum absolute atomic E-state index is 0.228. The topological polar surface area (TPSA) is 93.6 Å². The van der Waals surface area contributed by atoms with Crippen molar-refractivity contribution in [3.63, 3.8) is 0 Å². The fourth-order valence-corrected chi connectivity index (χ4v) is 3.91. The molecule has 166 valence electrons. The molecule has 1 N–H and O–H groups in total. The van der Waals surface area contributed by atoms with Crippen molar-refractivity contribution in [2.75, 3.05) is 7.11 Å². The Hall–Kier alpha value is -4.33. The zero-order valence-corrected chi connectivity index (χ0v) is 18.2. The largest absolute Gasteiger partial charge is 0.497 e. The van der Waals surface area contributed by atoms with Crippen LogP contribution in [0.2, 0.25) is 0 Å². The fraction of sp³-hybridized carbons (Fsp3) is 0.160. The molecule has 0 saturated heterocycles. The molecule has 1 atom stereocenters. The van der Waals surface area contributed by atoms with E-state index >= 15 is 0 Å². The van der Waals surface area contributed by atoms with Gasteiger partial charge >= 0.3 is 6.03 Å². The summed E-state index contributed by atoms with van der Waals surface area (Å²) >= 11 is 0. The summed E-state index contributed by atoms with van der Waals surface area (Å²) in [6, 6.07) is 20.1. The molecule has 1 unspecified atom stereocenters. The van der Waals surface area contributed by atoms with E-state index < -0.39 is 6.04 Å². The van der Waals surface area contributed by atoms with Gasteiger partial charge in [-0.05, 0) is 36.8 Å². The molecule has 3 heterocycles. The van der Waals surface area contributed by atoms with Gasteiger partial charge in [0, 0.05) is 11.3 Å².